The third-order valence-electron chi connectivity index (χ3n) is 3.10. The maximum absolute atomic E-state index is 12.1. The second-order valence-corrected chi connectivity index (χ2v) is 5.02. The number of aromatic nitrogens is 1. The van der Waals surface area contributed by atoms with Gasteiger partial charge in [0.2, 0.25) is 0 Å². The van der Waals surface area contributed by atoms with Gasteiger partial charge in [0.15, 0.2) is 0 Å². The van der Waals surface area contributed by atoms with Crippen LogP contribution >= 0.6 is 0 Å². The van der Waals surface area contributed by atoms with E-state index in [1.54, 1.807) is 18.3 Å². The Kier molecular flexibility index (Phi) is 4.72. The molecule has 1 atom stereocenters. The number of ether oxygens (including phenoxy) is 1. The van der Waals surface area contributed by atoms with E-state index in [0.717, 1.165) is 12.0 Å². The monoisotopic (exact) mass is 274 g/mol. The quantitative estimate of drug-likeness (QED) is 0.797. The van der Waals surface area contributed by atoms with Crippen molar-refractivity contribution < 1.29 is 14.6 Å². The van der Waals surface area contributed by atoms with Gasteiger partial charge >= 0.3 is 0 Å². The van der Waals surface area contributed by atoms with Crippen molar-refractivity contribution in [2.45, 2.75) is 25.3 Å². The lowest BCUT2D eigenvalue weighted by molar-refractivity contribution is 0.0885. The van der Waals surface area contributed by atoms with Crippen molar-refractivity contribution in [3.63, 3.8) is 0 Å². The molecule has 1 aliphatic rings. The highest BCUT2D eigenvalue weighted by Gasteiger charge is 2.31. The van der Waals surface area contributed by atoms with Crippen molar-refractivity contribution in [1.29, 1.82) is 0 Å². The lowest BCUT2D eigenvalue weighted by Gasteiger charge is -2.23. The molecular weight excluding hydrogens is 256 g/mol. The van der Waals surface area contributed by atoms with Crippen molar-refractivity contribution >= 4 is 5.91 Å². The number of carbonyl (C=O) groups is 1. The fraction of sp³-hybridized carbons (Fsp3) is 0.467. The van der Waals surface area contributed by atoms with Gasteiger partial charge in [0.1, 0.15) is 5.69 Å². The molecule has 0 aliphatic carbocycles. The van der Waals surface area contributed by atoms with Gasteiger partial charge in [-0.05, 0) is 25.5 Å². The summed E-state index contributed by atoms with van der Waals surface area (Å²) in [4.78, 5) is 16.2. The number of aliphatic hydroxyl groups is 1. The third-order valence-corrected chi connectivity index (χ3v) is 3.10. The van der Waals surface area contributed by atoms with Crippen molar-refractivity contribution in [1.82, 2.24) is 10.3 Å². The van der Waals surface area contributed by atoms with E-state index >= 15 is 0 Å². The van der Waals surface area contributed by atoms with Gasteiger partial charge in [0.25, 0.3) is 5.91 Å². The summed E-state index contributed by atoms with van der Waals surface area (Å²) in [5.41, 5.74) is 0.787. The lowest BCUT2D eigenvalue weighted by atomic mass is 10.0. The summed E-state index contributed by atoms with van der Waals surface area (Å²) in [6.45, 7) is 3.21. The molecule has 20 heavy (non-hydrogen) atoms. The van der Waals surface area contributed by atoms with Gasteiger partial charge in [-0.15, -0.1) is 0 Å². The number of hydrogen-bond donors (Lipinski definition) is 2. The summed E-state index contributed by atoms with van der Waals surface area (Å²) >= 11 is 0. The zero-order chi connectivity index (χ0) is 14.4. The average molecular weight is 274 g/mol. The Balaban J connectivity index is 1.99. The van der Waals surface area contributed by atoms with Gasteiger partial charge in [-0.25, -0.2) is 4.98 Å². The number of aliphatic hydroxyl groups excluding tert-OH is 1. The summed E-state index contributed by atoms with van der Waals surface area (Å²) in [7, 11) is 0. The molecule has 2 heterocycles. The highest BCUT2D eigenvalue weighted by molar-refractivity contribution is 5.92. The summed E-state index contributed by atoms with van der Waals surface area (Å²) in [5.74, 6) is 5.47. The van der Waals surface area contributed by atoms with Gasteiger partial charge in [-0.2, -0.15) is 0 Å². The smallest absolute Gasteiger partial charge is 0.270 e. The number of pyridine rings is 1. The second kappa shape index (κ2) is 6.51. The highest BCUT2D eigenvalue weighted by Crippen LogP contribution is 2.17. The first-order valence-electron chi connectivity index (χ1n) is 6.59. The van der Waals surface area contributed by atoms with E-state index in [1.807, 2.05) is 6.92 Å². The molecule has 2 N–H and O–H groups in total. The minimum Gasteiger partial charge on any atom is -0.395 e. The Morgan fingerprint density at radius 3 is 3.05 bits per heavy atom. The summed E-state index contributed by atoms with van der Waals surface area (Å²) in [6, 6.07) is 3.40. The Labute approximate surface area is 118 Å². The van der Waals surface area contributed by atoms with Crippen LogP contribution in [0.25, 0.3) is 0 Å². The number of nitrogens with one attached hydrogen (secondary N) is 1. The normalized spacial score (nSPS) is 21.1. The number of hydrogen-bond acceptors (Lipinski definition) is 4. The predicted octanol–water partition coefficient (Wildman–Crippen LogP) is 0.724. The molecule has 1 saturated heterocycles. The summed E-state index contributed by atoms with van der Waals surface area (Å²) in [5, 5.41) is 11.6. The van der Waals surface area contributed by atoms with Gasteiger partial charge in [0, 0.05) is 24.8 Å². The first-order chi connectivity index (χ1) is 9.63. The van der Waals surface area contributed by atoms with Crippen LogP contribution in [0.4, 0.5) is 0 Å². The van der Waals surface area contributed by atoms with E-state index < -0.39 is 0 Å². The molecule has 0 bridgehead atoms. The maximum atomic E-state index is 12.1. The van der Waals surface area contributed by atoms with Crippen LogP contribution in [0.5, 0.6) is 0 Å². The lowest BCUT2D eigenvalue weighted by Crippen LogP contribution is -2.46. The number of nitrogens with zero attached hydrogens (tertiary/aromatic N) is 1. The molecule has 1 fully saturated rings. The van der Waals surface area contributed by atoms with E-state index in [0.29, 0.717) is 25.3 Å². The fourth-order valence-electron chi connectivity index (χ4n) is 1.93. The van der Waals surface area contributed by atoms with Crippen LogP contribution in [0.3, 0.4) is 0 Å². The van der Waals surface area contributed by atoms with Crippen LogP contribution in [0, 0.1) is 11.8 Å². The van der Waals surface area contributed by atoms with Gasteiger partial charge in [0.05, 0.1) is 18.8 Å². The molecule has 106 valence electrons. The van der Waals surface area contributed by atoms with Crippen LogP contribution in [0.2, 0.25) is 0 Å². The molecule has 5 nitrogen and oxygen atoms in total. The van der Waals surface area contributed by atoms with Gasteiger partial charge < -0.3 is 15.2 Å². The predicted molar refractivity (Wildman–Crippen MR) is 74.1 cm³/mol. The standard InChI is InChI=1S/C15H18N2O3/c1-15(7-9-20-11-15)17-14(19)13-6-5-12(10-16-13)4-2-3-8-18/h5-6,10,18H,3,7-9,11H2,1H3,(H,17,19). The van der Waals surface area contributed by atoms with Crippen LogP contribution < -0.4 is 5.32 Å². The van der Waals surface area contributed by atoms with E-state index in [-0.39, 0.29) is 18.1 Å². The number of rotatable bonds is 3. The SMILES string of the molecule is CC1(NC(=O)c2ccc(C#CCCO)cn2)CCOC1. The highest BCUT2D eigenvalue weighted by atomic mass is 16.5. The van der Waals surface area contributed by atoms with Crippen molar-refractivity contribution in [2.75, 3.05) is 19.8 Å². The molecule has 5 heteroatoms. The molecular formula is C15H18N2O3. The Bertz CT molecular complexity index is 522. The second-order valence-electron chi connectivity index (χ2n) is 5.02. The van der Waals surface area contributed by atoms with Crippen molar-refractivity contribution in [3.8, 4) is 11.8 Å². The third kappa shape index (κ3) is 3.80. The van der Waals surface area contributed by atoms with Crippen LogP contribution in [-0.2, 0) is 4.74 Å². The topological polar surface area (TPSA) is 71.5 Å². The minimum absolute atomic E-state index is 0.0432. The Morgan fingerprint density at radius 1 is 1.60 bits per heavy atom. The first kappa shape index (κ1) is 14.5. The molecule has 2 rings (SSSR count). The minimum atomic E-state index is -0.307. The Hall–Kier alpha value is -1.90. The molecule has 1 unspecified atom stereocenters. The molecule has 0 aromatic carbocycles. The van der Waals surface area contributed by atoms with Crippen LogP contribution in [0.15, 0.2) is 18.3 Å². The summed E-state index contributed by atoms with van der Waals surface area (Å²) < 4.78 is 5.30. The number of carbonyl (C=O) groups excluding carboxylic acids is 1. The molecule has 1 aliphatic heterocycles. The van der Waals surface area contributed by atoms with Crippen molar-refractivity contribution in [2.24, 2.45) is 0 Å². The van der Waals surface area contributed by atoms with Crippen LogP contribution in [-0.4, -0.2) is 41.4 Å². The zero-order valence-electron chi connectivity index (χ0n) is 11.5. The zero-order valence-corrected chi connectivity index (χ0v) is 11.5. The summed E-state index contributed by atoms with van der Waals surface area (Å²) in [6.07, 6.45) is 2.80. The molecule has 0 saturated carbocycles. The molecule has 1 amide bonds. The molecule has 1 aromatic heterocycles. The Morgan fingerprint density at radius 2 is 2.45 bits per heavy atom. The first-order valence-corrected chi connectivity index (χ1v) is 6.59. The molecule has 0 spiro atoms. The van der Waals surface area contributed by atoms with E-state index in [9.17, 15) is 4.79 Å². The van der Waals surface area contributed by atoms with Crippen molar-refractivity contribution in [3.05, 3.63) is 29.6 Å². The van der Waals surface area contributed by atoms with Gasteiger partial charge in [-0.1, -0.05) is 11.8 Å². The van der Waals surface area contributed by atoms with E-state index in [2.05, 4.69) is 22.1 Å². The fourth-order valence-corrected chi connectivity index (χ4v) is 1.93. The molecule has 0 radical (unpaired) electrons. The average Bonchev–Trinajstić information content (AvgIpc) is 2.86. The van der Waals surface area contributed by atoms with Gasteiger partial charge in [-0.3, -0.25) is 4.79 Å². The van der Waals surface area contributed by atoms with Crippen LogP contribution in [0.1, 0.15) is 35.8 Å². The maximum Gasteiger partial charge on any atom is 0.270 e. The van der Waals surface area contributed by atoms with E-state index in [4.69, 9.17) is 9.84 Å². The largest absolute Gasteiger partial charge is 0.395 e. The molecule has 1 aromatic rings. The number of amides is 1. The van der Waals surface area contributed by atoms with E-state index in [1.165, 1.54) is 0 Å².